The van der Waals surface area contributed by atoms with E-state index in [1.807, 2.05) is 6.07 Å². The standard InChI is InChI=1S/C18H25FN2O2/c1-23-17-7-6-14(9-16(17)19)11-21-8-2-3-15(12-21)18(22)20-10-13-4-5-13/h6-7,9,13,15H,2-5,8,10-12H2,1H3,(H,20,22). The van der Waals surface area contributed by atoms with Crippen molar-refractivity contribution in [3.05, 3.63) is 29.6 Å². The number of hydrogen-bond donors (Lipinski definition) is 1. The van der Waals surface area contributed by atoms with Crippen molar-refractivity contribution in [2.45, 2.75) is 32.2 Å². The van der Waals surface area contributed by atoms with E-state index in [-0.39, 0.29) is 23.4 Å². The van der Waals surface area contributed by atoms with E-state index in [0.29, 0.717) is 12.5 Å². The molecule has 1 aliphatic heterocycles. The van der Waals surface area contributed by atoms with Crippen LogP contribution in [-0.2, 0) is 11.3 Å². The van der Waals surface area contributed by atoms with Gasteiger partial charge in [0.05, 0.1) is 13.0 Å². The Morgan fingerprint density at radius 1 is 1.39 bits per heavy atom. The highest BCUT2D eigenvalue weighted by molar-refractivity contribution is 5.79. The smallest absolute Gasteiger partial charge is 0.224 e. The first-order valence-electron chi connectivity index (χ1n) is 8.48. The average Bonchev–Trinajstić information content (AvgIpc) is 3.37. The fourth-order valence-electron chi connectivity index (χ4n) is 3.19. The van der Waals surface area contributed by atoms with E-state index >= 15 is 0 Å². The van der Waals surface area contributed by atoms with Crippen molar-refractivity contribution in [3.8, 4) is 5.75 Å². The van der Waals surface area contributed by atoms with Crippen LogP contribution < -0.4 is 10.1 Å². The number of ether oxygens (including phenoxy) is 1. The zero-order chi connectivity index (χ0) is 16.2. The largest absolute Gasteiger partial charge is 0.494 e. The van der Waals surface area contributed by atoms with Crippen molar-refractivity contribution in [2.24, 2.45) is 11.8 Å². The molecule has 0 bridgehead atoms. The zero-order valence-electron chi connectivity index (χ0n) is 13.7. The molecule has 1 saturated heterocycles. The van der Waals surface area contributed by atoms with E-state index in [2.05, 4.69) is 10.2 Å². The monoisotopic (exact) mass is 320 g/mol. The van der Waals surface area contributed by atoms with Crippen molar-refractivity contribution in [2.75, 3.05) is 26.7 Å². The number of nitrogens with one attached hydrogen (secondary N) is 1. The number of hydrogen-bond acceptors (Lipinski definition) is 3. The Bertz CT molecular complexity index is 560. The Morgan fingerprint density at radius 3 is 2.91 bits per heavy atom. The first-order chi connectivity index (χ1) is 11.2. The molecule has 1 heterocycles. The number of benzene rings is 1. The third-order valence-corrected chi connectivity index (χ3v) is 4.76. The number of carbonyl (C=O) groups excluding carboxylic acids is 1. The molecule has 23 heavy (non-hydrogen) atoms. The van der Waals surface area contributed by atoms with Gasteiger partial charge < -0.3 is 10.1 Å². The lowest BCUT2D eigenvalue weighted by molar-refractivity contribution is -0.126. The van der Waals surface area contributed by atoms with Crippen LogP contribution in [-0.4, -0.2) is 37.6 Å². The van der Waals surface area contributed by atoms with Gasteiger partial charge in [0.1, 0.15) is 0 Å². The van der Waals surface area contributed by atoms with Crippen molar-refractivity contribution in [1.82, 2.24) is 10.2 Å². The van der Waals surface area contributed by atoms with Gasteiger partial charge in [-0.3, -0.25) is 9.69 Å². The van der Waals surface area contributed by atoms with Gasteiger partial charge in [0, 0.05) is 19.6 Å². The number of halogens is 1. The van der Waals surface area contributed by atoms with Gasteiger partial charge in [0.15, 0.2) is 11.6 Å². The van der Waals surface area contributed by atoms with Gasteiger partial charge in [-0.15, -0.1) is 0 Å². The van der Waals surface area contributed by atoms with Gasteiger partial charge in [-0.25, -0.2) is 4.39 Å². The molecule has 1 unspecified atom stereocenters. The molecule has 1 aromatic rings. The number of nitrogens with zero attached hydrogens (tertiary/aromatic N) is 1. The zero-order valence-corrected chi connectivity index (χ0v) is 13.7. The van der Waals surface area contributed by atoms with Gasteiger partial charge in [0.2, 0.25) is 5.91 Å². The van der Waals surface area contributed by atoms with E-state index in [1.54, 1.807) is 6.07 Å². The van der Waals surface area contributed by atoms with Crippen LogP contribution in [0.2, 0.25) is 0 Å². The van der Waals surface area contributed by atoms with Crippen molar-refractivity contribution >= 4 is 5.91 Å². The van der Waals surface area contributed by atoms with E-state index in [0.717, 1.165) is 38.0 Å². The van der Waals surface area contributed by atoms with Gasteiger partial charge >= 0.3 is 0 Å². The molecule has 2 aliphatic rings. The summed E-state index contributed by atoms with van der Waals surface area (Å²) in [7, 11) is 1.47. The molecule has 2 fully saturated rings. The first-order valence-corrected chi connectivity index (χ1v) is 8.48. The number of amides is 1. The number of methoxy groups -OCH3 is 1. The normalized spacial score (nSPS) is 21.9. The van der Waals surface area contributed by atoms with Crippen LogP contribution in [0, 0.1) is 17.7 Å². The average molecular weight is 320 g/mol. The second-order valence-corrected chi connectivity index (χ2v) is 6.73. The number of piperidine rings is 1. The lowest BCUT2D eigenvalue weighted by atomic mass is 9.96. The molecule has 1 aromatic carbocycles. The van der Waals surface area contributed by atoms with Crippen LogP contribution in [0.5, 0.6) is 5.75 Å². The first kappa shape index (κ1) is 16.2. The molecule has 0 radical (unpaired) electrons. The van der Waals surface area contributed by atoms with Crippen LogP contribution in [0.25, 0.3) is 0 Å². The third-order valence-electron chi connectivity index (χ3n) is 4.76. The summed E-state index contributed by atoms with van der Waals surface area (Å²) < 4.78 is 18.7. The van der Waals surface area contributed by atoms with Crippen molar-refractivity contribution in [1.29, 1.82) is 0 Å². The predicted octanol–water partition coefficient (Wildman–Crippen LogP) is 2.57. The highest BCUT2D eigenvalue weighted by atomic mass is 19.1. The molecule has 3 rings (SSSR count). The van der Waals surface area contributed by atoms with Crippen molar-refractivity contribution < 1.29 is 13.9 Å². The summed E-state index contributed by atoms with van der Waals surface area (Å²) in [6.45, 7) is 3.22. The Balaban J connectivity index is 1.53. The Labute approximate surface area is 137 Å². The lowest BCUT2D eigenvalue weighted by Gasteiger charge is -2.32. The second-order valence-electron chi connectivity index (χ2n) is 6.73. The molecular formula is C18H25FN2O2. The topological polar surface area (TPSA) is 41.6 Å². The summed E-state index contributed by atoms with van der Waals surface area (Å²) in [6, 6.07) is 5.07. The lowest BCUT2D eigenvalue weighted by Crippen LogP contribution is -2.43. The summed E-state index contributed by atoms with van der Waals surface area (Å²) in [6.07, 6.45) is 4.46. The maximum Gasteiger partial charge on any atom is 0.224 e. The van der Waals surface area contributed by atoms with Gasteiger partial charge in [-0.05, 0) is 55.8 Å². The molecule has 5 heteroatoms. The molecule has 0 aromatic heterocycles. The molecule has 1 aliphatic carbocycles. The fraction of sp³-hybridized carbons (Fsp3) is 0.611. The molecule has 1 atom stereocenters. The van der Waals surface area contributed by atoms with Gasteiger partial charge in [-0.1, -0.05) is 6.07 Å². The quantitative estimate of drug-likeness (QED) is 0.876. The van der Waals surface area contributed by atoms with Gasteiger partial charge in [-0.2, -0.15) is 0 Å². The predicted molar refractivity (Wildman–Crippen MR) is 86.7 cm³/mol. The van der Waals surface area contributed by atoms with Crippen molar-refractivity contribution in [3.63, 3.8) is 0 Å². The minimum Gasteiger partial charge on any atom is -0.494 e. The maximum atomic E-state index is 13.8. The molecule has 1 amide bonds. The van der Waals surface area contributed by atoms with E-state index in [4.69, 9.17) is 4.74 Å². The summed E-state index contributed by atoms with van der Waals surface area (Å²) in [5.74, 6) is 0.888. The van der Waals surface area contributed by atoms with E-state index < -0.39 is 0 Å². The molecule has 126 valence electrons. The summed E-state index contributed by atoms with van der Waals surface area (Å²) in [5.41, 5.74) is 0.919. The molecular weight excluding hydrogens is 295 g/mol. The molecule has 0 spiro atoms. The molecule has 1 saturated carbocycles. The maximum absolute atomic E-state index is 13.8. The van der Waals surface area contributed by atoms with Crippen LogP contribution >= 0.6 is 0 Å². The van der Waals surface area contributed by atoms with Crippen LogP contribution in [0.4, 0.5) is 4.39 Å². The summed E-state index contributed by atoms with van der Waals surface area (Å²) in [5, 5.41) is 3.08. The highest BCUT2D eigenvalue weighted by Gasteiger charge is 2.28. The minimum atomic E-state index is -0.333. The van der Waals surface area contributed by atoms with E-state index in [1.165, 1.54) is 26.0 Å². The minimum absolute atomic E-state index is 0.0607. The Morgan fingerprint density at radius 2 is 2.22 bits per heavy atom. The highest BCUT2D eigenvalue weighted by Crippen LogP contribution is 2.28. The summed E-state index contributed by atoms with van der Waals surface area (Å²) >= 11 is 0. The Hall–Kier alpha value is -1.62. The van der Waals surface area contributed by atoms with Crippen LogP contribution in [0.3, 0.4) is 0 Å². The van der Waals surface area contributed by atoms with E-state index in [9.17, 15) is 9.18 Å². The SMILES string of the molecule is COc1ccc(CN2CCCC(C(=O)NCC3CC3)C2)cc1F. The van der Waals surface area contributed by atoms with Crippen LogP contribution in [0.1, 0.15) is 31.2 Å². The van der Waals surface area contributed by atoms with Crippen LogP contribution in [0.15, 0.2) is 18.2 Å². The fourth-order valence-corrected chi connectivity index (χ4v) is 3.19. The number of rotatable bonds is 6. The van der Waals surface area contributed by atoms with Gasteiger partial charge in [0.25, 0.3) is 0 Å². The molecule has 4 nitrogen and oxygen atoms in total. The number of carbonyl (C=O) groups is 1. The third kappa shape index (κ3) is 4.44. The number of likely N-dealkylation sites (tertiary alicyclic amines) is 1. The second kappa shape index (κ2) is 7.30. The summed E-state index contributed by atoms with van der Waals surface area (Å²) in [4.78, 5) is 14.5. The molecule has 1 N–H and O–H groups in total. The Kier molecular flexibility index (Phi) is 5.16.